The highest BCUT2D eigenvalue weighted by Crippen LogP contribution is 2.25. The van der Waals surface area contributed by atoms with Crippen LogP contribution in [-0.4, -0.2) is 17.2 Å². The summed E-state index contributed by atoms with van der Waals surface area (Å²) in [4.78, 5) is 11.3. The van der Waals surface area contributed by atoms with Crippen molar-refractivity contribution in [3.8, 4) is 5.75 Å². The first-order valence-corrected chi connectivity index (χ1v) is 6.70. The molecule has 0 saturated heterocycles. The average Bonchev–Trinajstić information content (AvgIpc) is 2.42. The van der Waals surface area contributed by atoms with Crippen molar-refractivity contribution in [2.75, 3.05) is 0 Å². The fraction of sp³-hybridized carbons (Fsp3) is 0.133. The number of rotatable bonds is 5. The standard InChI is InChI=1S/C15H12Cl2O3/c16-11-7-5-10(6-8-11)9-14(15(18)19)20-13-4-2-1-3-12(13)17/h1-8,14H,9H2,(H,18,19)/t14-/m1/s1. The molecule has 5 heteroatoms. The third-order valence-electron chi connectivity index (χ3n) is 2.72. The Morgan fingerprint density at radius 2 is 1.75 bits per heavy atom. The van der Waals surface area contributed by atoms with Gasteiger partial charge in [-0.05, 0) is 29.8 Å². The van der Waals surface area contributed by atoms with Crippen LogP contribution < -0.4 is 4.74 Å². The van der Waals surface area contributed by atoms with E-state index in [9.17, 15) is 9.90 Å². The predicted octanol–water partition coefficient (Wildman–Crippen LogP) is 4.07. The molecule has 1 N–H and O–H groups in total. The van der Waals surface area contributed by atoms with Crippen LogP contribution in [0, 0.1) is 0 Å². The summed E-state index contributed by atoms with van der Waals surface area (Å²) in [7, 11) is 0. The lowest BCUT2D eigenvalue weighted by Gasteiger charge is -2.16. The van der Waals surface area contributed by atoms with Crippen LogP contribution in [0.3, 0.4) is 0 Å². The lowest BCUT2D eigenvalue weighted by Crippen LogP contribution is -2.29. The summed E-state index contributed by atoms with van der Waals surface area (Å²) in [6, 6.07) is 13.8. The third kappa shape index (κ3) is 3.89. The Hall–Kier alpha value is -1.71. The van der Waals surface area contributed by atoms with Crippen LogP contribution >= 0.6 is 23.2 Å². The zero-order valence-electron chi connectivity index (χ0n) is 10.4. The van der Waals surface area contributed by atoms with Crippen LogP contribution in [0.2, 0.25) is 10.0 Å². The van der Waals surface area contributed by atoms with E-state index in [4.69, 9.17) is 27.9 Å². The summed E-state index contributed by atoms with van der Waals surface area (Å²) < 4.78 is 5.48. The van der Waals surface area contributed by atoms with Gasteiger partial charge in [-0.25, -0.2) is 4.79 Å². The highest BCUT2D eigenvalue weighted by Gasteiger charge is 2.21. The molecule has 0 spiro atoms. The number of halogens is 2. The van der Waals surface area contributed by atoms with E-state index in [0.717, 1.165) is 5.56 Å². The molecular formula is C15H12Cl2O3. The van der Waals surface area contributed by atoms with Gasteiger partial charge in [0.05, 0.1) is 5.02 Å². The largest absolute Gasteiger partial charge is 0.478 e. The van der Waals surface area contributed by atoms with Gasteiger partial charge < -0.3 is 9.84 Å². The number of aliphatic carboxylic acids is 1. The second-order valence-corrected chi connectivity index (χ2v) is 5.05. The van der Waals surface area contributed by atoms with Gasteiger partial charge in [-0.15, -0.1) is 0 Å². The first kappa shape index (κ1) is 14.7. The summed E-state index contributed by atoms with van der Waals surface area (Å²) in [5.74, 6) is -0.685. The first-order chi connectivity index (χ1) is 9.56. The number of carbonyl (C=O) groups is 1. The summed E-state index contributed by atoms with van der Waals surface area (Å²) >= 11 is 11.8. The topological polar surface area (TPSA) is 46.5 Å². The molecule has 0 heterocycles. The first-order valence-electron chi connectivity index (χ1n) is 5.94. The highest BCUT2D eigenvalue weighted by atomic mass is 35.5. The molecule has 1 atom stereocenters. The molecule has 2 aromatic carbocycles. The minimum absolute atomic E-state index is 0.234. The molecule has 0 aliphatic rings. The molecule has 0 aliphatic heterocycles. The Morgan fingerprint density at radius 1 is 1.10 bits per heavy atom. The number of hydrogen-bond acceptors (Lipinski definition) is 2. The van der Waals surface area contributed by atoms with Crippen molar-refractivity contribution in [3.63, 3.8) is 0 Å². The van der Waals surface area contributed by atoms with Crippen molar-refractivity contribution < 1.29 is 14.6 Å². The molecule has 0 unspecified atom stereocenters. The van der Waals surface area contributed by atoms with Gasteiger partial charge in [-0.2, -0.15) is 0 Å². The minimum atomic E-state index is -1.04. The third-order valence-corrected chi connectivity index (χ3v) is 3.28. The van der Waals surface area contributed by atoms with E-state index in [1.165, 1.54) is 0 Å². The Labute approximate surface area is 126 Å². The van der Waals surface area contributed by atoms with E-state index in [0.29, 0.717) is 15.8 Å². The average molecular weight is 311 g/mol. The molecule has 3 nitrogen and oxygen atoms in total. The maximum Gasteiger partial charge on any atom is 0.345 e. The monoisotopic (exact) mass is 310 g/mol. The van der Waals surface area contributed by atoms with Crippen LogP contribution in [0.4, 0.5) is 0 Å². The van der Waals surface area contributed by atoms with Gasteiger partial charge in [0.25, 0.3) is 0 Å². The quantitative estimate of drug-likeness (QED) is 0.905. The molecule has 0 radical (unpaired) electrons. The number of carboxylic acid groups (broad SMARTS) is 1. The van der Waals surface area contributed by atoms with Gasteiger partial charge in [0.1, 0.15) is 5.75 Å². The predicted molar refractivity (Wildman–Crippen MR) is 78.7 cm³/mol. The summed E-state index contributed by atoms with van der Waals surface area (Å²) in [6.45, 7) is 0. The maximum absolute atomic E-state index is 11.3. The molecule has 0 fully saturated rings. The van der Waals surface area contributed by atoms with E-state index in [2.05, 4.69) is 0 Å². The molecule has 0 amide bonds. The molecule has 0 aromatic heterocycles. The van der Waals surface area contributed by atoms with Gasteiger partial charge in [0.2, 0.25) is 0 Å². The van der Waals surface area contributed by atoms with Gasteiger partial charge in [-0.3, -0.25) is 0 Å². The minimum Gasteiger partial charge on any atom is -0.478 e. The van der Waals surface area contributed by atoms with E-state index in [1.54, 1.807) is 48.5 Å². The number of ether oxygens (including phenoxy) is 1. The molecule has 20 heavy (non-hydrogen) atoms. The number of carboxylic acids is 1. The highest BCUT2D eigenvalue weighted by molar-refractivity contribution is 6.32. The fourth-order valence-electron chi connectivity index (χ4n) is 1.71. The Bertz CT molecular complexity index is 596. The molecule has 104 valence electrons. The smallest absolute Gasteiger partial charge is 0.345 e. The summed E-state index contributed by atoms with van der Waals surface area (Å²) in [5.41, 5.74) is 0.828. The molecule has 0 saturated carbocycles. The van der Waals surface area contributed by atoms with Crippen LogP contribution in [0.5, 0.6) is 5.75 Å². The lowest BCUT2D eigenvalue weighted by atomic mass is 10.1. The lowest BCUT2D eigenvalue weighted by molar-refractivity contribution is -0.145. The van der Waals surface area contributed by atoms with Crippen molar-refractivity contribution in [1.29, 1.82) is 0 Å². The van der Waals surface area contributed by atoms with Crippen molar-refractivity contribution in [2.45, 2.75) is 12.5 Å². The zero-order chi connectivity index (χ0) is 14.5. The Kier molecular flexibility index (Phi) is 4.88. The maximum atomic E-state index is 11.3. The van der Waals surface area contributed by atoms with Crippen molar-refractivity contribution in [1.82, 2.24) is 0 Å². The van der Waals surface area contributed by atoms with E-state index in [1.807, 2.05) is 0 Å². The van der Waals surface area contributed by atoms with Crippen LogP contribution in [0.1, 0.15) is 5.56 Å². The van der Waals surface area contributed by atoms with Gasteiger partial charge in [-0.1, -0.05) is 47.5 Å². The number of hydrogen-bond donors (Lipinski definition) is 1. The van der Waals surface area contributed by atoms with E-state index in [-0.39, 0.29) is 6.42 Å². The van der Waals surface area contributed by atoms with Gasteiger partial charge in [0.15, 0.2) is 6.10 Å². The molecule has 2 aromatic rings. The molecular weight excluding hydrogens is 299 g/mol. The normalized spacial score (nSPS) is 11.9. The van der Waals surface area contributed by atoms with Gasteiger partial charge >= 0.3 is 5.97 Å². The summed E-state index contributed by atoms with van der Waals surface area (Å²) in [6.07, 6.45) is -0.770. The second-order valence-electron chi connectivity index (χ2n) is 4.21. The molecule has 2 rings (SSSR count). The summed E-state index contributed by atoms with van der Waals surface area (Å²) in [5, 5.41) is 10.2. The van der Waals surface area contributed by atoms with Crippen molar-refractivity contribution in [2.24, 2.45) is 0 Å². The SMILES string of the molecule is O=C(O)[C@@H](Cc1ccc(Cl)cc1)Oc1ccccc1Cl. The molecule has 0 bridgehead atoms. The van der Waals surface area contributed by atoms with Crippen molar-refractivity contribution >= 4 is 29.2 Å². The fourth-order valence-corrected chi connectivity index (χ4v) is 2.01. The van der Waals surface area contributed by atoms with Gasteiger partial charge in [0, 0.05) is 11.4 Å². The van der Waals surface area contributed by atoms with Crippen molar-refractivity contribution in [3.05, 3.63) is 64.1 Å². The number of benzene rings is 2. The van der Waals surface area contributed by atoms with Crippen LogP contribution in [0.25, 0.3) is 0 Å². The van der Waals surface area contributed by atoms with Crippen LogP contribution in [0.15, 0.2) is 48.5 Å². The van der Waals surface area contributed by atoms with E-state index < -0.39 is 12.1 Å². The second kappa shape index (κ2) is 6.64. The zero-order valence-corrected chi connectivity index (χ0v) is 11.9. The Morgan fingerprint density at radius 3 is 2.35 bits per heavy atom. The van der Waals surface area contributed by atoms with E-state index >= 15 is 0 Å². The Balaban J connectivity index is 2.14. The number of para-hydroxylation sites is 1. The van der Waals surface area contributed by atoms with Crippen LogP contribution in [-0.2, 0) is 11.2 Å². The molecule has 0 aliphatic carbocycles.